The van der Waals surface area contributed by atoms with E-state index in [9.17, 15) is 29.1 Å². The SMILES string of the molecule is CC(NC(=O)C(NC(=O)C(N)Cc1c[nH]c2ccccc12)C(C)C)C(=O)NC(CCC(=O)O)C(=O)O. The number of nitrogens with two attached hydrogens (primary N) is 1. The molecule has 196 valence electrons. The molecule has 4 atom stereocenters. The molecule has 36 heavy (non-hydrogen) atoms. The van der Waals surface area contributed by atoms with Crippen molar-refractivity contribution in [3.8, 4) is 0 Å². The summed E-state index contributed by atoms with van der Waals surface area (Å²) in [5.41, 5.74) is 7.89. The van der Waals surface area contributed by atoms with Crippen LogP contribution in [0.15, 0.2) is 30.5 Å². The van der Waals surface area contributed by atoms with Crippen molar-refractivity contribution in [1.29, 1.82) is 0 Å². The van der Waals surface area contributed by atoms with Crippen LogP contribution in [0.2, 0.25) is 0 Å². The first-order chi connectivity index (χ1) is 16.9. The zero-order chi connectivity index (χ0) is 27.0. The molecule has 0 aliphatic rings. The van der Waals surface area contributed by atoms with Gasteiger partial charge in [0.15, 0.2) is 0 Å². The number of hydrogen-bond acceptors (Lipinski definition) is 6. The van der Waals surface area contributed by atoms with Crippen LogP contribution in [-0.4, -0.2) is 69.0 Å². The Morgan fingerprint density at radius 2 is 1.61 bits per heavy atom. The standard InChI is InChI=1S/C24H33N5O7/c1-12(2)20(23(34)27-13(3)21(32)28-18(24(35)36)8-9-19(30)31)29-22(33)16(25)10-14-11-26-17-7-5-4-6-15(14)17/h4-7,11-13,16,18,20,26H,8-10,25H2,1-3H3,(H,27,34)(H,28,32)(H,29,33)(H,30,31)(H,35,36). The minimum Gasteiger partial charge on any atom is -0.481 e. The van der Waals surface area contributed by atoms with Crippen molar-refractivity contribution < 1.29 is 34.2 Å². The van der Waals surface area contributed by atoms with Gasteiger partial charge in [-0.2, -0.15) is 0 Å². The van der Waals surface area contributed by atoms with Gasteiger partial charge in [-0.05, 0) is 37.3 Å². The number of carbonyl (C=O) groups excluding carboxylic acids is 3. The molecule has 4 unspecified atom stereocenters. The summed E-state index contributed by atoms with van der Waals surface area (Å²) in [7, 11) is 0. The van der Waals surface area contributed by atoms with Crippen LogP contribution in [0.4, 0.5) is 0 Å². The molecule has 0 fully saturated rings. The van der Waals surface area contributed by atoms with E-state index < -0.39 is 60.2 Å². The predicted octanol–water partition coefficient (Wildman–Crippen LogP) is 0.117. The Hall–Kier alpha value is -3.93. The Morgan fingerprint density at radius 3 is 2.22 bits per heavy atom. The lowest BCUT2D eigenvalue weighted by atomic mass is 10.0. The molecule has 1 heterocycles. The topological polar surface area (TPSA) is 204 Å². The summed E-state index contributed by atoms with van der Waals surface area (Å²) >= 11 is 0. The highest BCUT2D eigenvalue weighted by Crippen LogP contribution is 2.19. The number of fused-ring (bicyclic) bond motifs is 1. The number of amides is 3. The summed E-state index contributed by atoms with van der Waals surface area (Å²) < 4.78 is 0. The molecule has 8 N–H and O–H groups in total. The van der Waals surface area contributed by atoms with Crippen LogP contribution in [0.3, 0.4) is 0 Å². The minimum absolute atomic E-state index is 0.244. The molecule has 1 aromatic heterocycles. The fourth-order valence-corrected chi connectivity index (χ4v) is 3.62. The van der Waals surface area contributed by atoms with E-state index >= 15 is 0 Å². The third kappa shape index (κ3) is 7.80. The number of para-hydroxylation sites is 1. The Labute approximate surface area is 208 Å². The summed E-state index contributed by atoms with van der Waals surface area (Å²) in [6.07, 6.45) is 1.27. The van der Waals surface area contributed by atoms with E-state index in [4.69, 9.17) is 10.8 Å². The lowest BCUT2D eigenvalue weighted by molar-refractivity contribution is -0.143. The van der Waals surface area contributed by atoms with Crippen LogP contribution in [-0.2, 0) is 30.4 Å². The Balaban J connectivity index is 1.97. The molecule has 12 heteroatoms. The van der Waals surface area contributed by atoms with E-state index in [0.29, 0.717) is 0 Å². The van der Waals surface area contributed by atoms with Gasteiger partial charge < -0.3 is 36.9 Å². The van der Waals surface area contributed by atoms with Gasteiger partial charge in [-0.25, -0.2) is 4.79 Å². The predicted molar refractivity (Wildman–Crippen MR) is 131 cm³/mol. The average Bonchev–Trinajstić information content (AvgIpc) is 3.21. The summed E-state index contributed by atoms with van der Waals surface area (Å²) in [4.78, 5) is 63.1. The van der Waals surface area contributed by atoms with Crippen molar-refractivity contribution in [2.45, 2.75) is 64.2 Å². The molecule has 0 spiro atoms. The molecule has 0 radical (unpaired) electrons. The monoisotopic (exact) mass is 503 g/mol. The van der Waals surface area contributed by atoms with Gasteiger partial charge in [0.25, 0.3) is 0 Å². The van der Waals surface area contributed by atoms with Crippen LogP contribution < -0.4 is 21.7 Å². The van der Waals surface area contributed by atoms with Gasteiger partial charge in [-0.15, -0.1) is 0 Å². The van der Waals surface area contributed by atoms with Crippen LogP contribution >= 0.6 is 0 Å². The van der Waals surface area contributed by atoms with Crippen molar-refractivity contribution in [3.05, 3.63) is 36.0 Å². The number of hydrogen-bond donors (Lipinski definition) is 7. The molecule has 2 rings (SSSR count). The van der Waals surface area contributed by atoms with E-state index in [1.165, 1.54) is 6.92 Å². The van der Waals surface area contributed by atoms with E-state index in [-0.39, 0.29) is 18.8 Å². The minimum atomic E-state index is -1.42. The first-order valence-electron chi connectivity index (χ1n) is 11.6. The quantitative estimate of drug-likeness (QED) is 0.199. The van der Waals surface area contributed by atoms with Crippen molar-refractivity contribution in [3.63, 3.8) is 0 Å². The summed E-state index contributed by atoms with van der Waals surface area (Å²) in [5, 5.41) is 26.2. The maximum atomic E-state index is 12.8. The van der Waals surface area contributed by atoms with E-state index in [1.807, 2.05) is 24.3 Å². The highest BCUT2D eigenvalue weighted by Gasteiger charge is 2.30. The molecule has 2 aromatic rings. The summed E-state index contributed by atoms with van der Waals surface area (Å²) in [5.74, 6) is -4.91. The van der Waals surface area contributed by atoms with Gasteiger partial charge in [0.2, 0.25) is 17.7 Å². The molecule has 1 aromatic carbocycles. The molecule has 0 aliphatic carbocycles. The molecule has 0 aliphatic heterocycles. The summed E-state index contributed by atoms with van der Waals surface area (Å²) in [6.45, 7) is 4.78. The van der Waals surface area contributed by atoms with Crippen LogP contribution in [0.25, 0.3) is 10.9 Å². The third-order valence-corrected chi connectivity index (χ3v) is 5.71. The molecule has 0 saturated heterocycles. The molecule has 0 saturated carbocycles. The average molecular weight is 504 g/mol. The Morgan fingerprint density at radius 1 is 0.944 bits per heavy atom. The van der Waals surface area contributed by atoms with Gasteiger partial charge in [-0.1, -0.05) is 32.0 Å². The van der Waals surface area contributed by atoms with Crippen molar-refractivity contribution in [1.82, 2.24) is 20.9 Å². The number of carboxylic acid groups (broad SMARTS) is 2. The van der Waals surface area contributed by atoms with Gasteiger partial charge in [0.1, 0.15) is 18.1 Å². The number of rotatable bonds is 13. The first kappa shape index (κ1) is 28.3. The van der Waals surface area contributed by atoms with Gasteiger partial charge >= 0.3 is 11.9 Å². The van der Waals surface area contributed by atoms with Crippen LogP contribution in [0, 0.1) is 5.92 Å². The normalized spacial score (nSPS) is 14.5. The number of carboxylic acids is 2. The molecule has 3 amide bonds. The lowest BCUT2D eigenvalue weighted by Crippen LogP contribution is -2.57. The second-order valence-corrected chi connectivity index (χ2v) is 8.96. The van der Waals surface area contributed by atoms with E-state index in [0.717, 1.165) is 16.5 Å². The molecule has 0 bridgehead atoms. The second kappa shape index (κ2) is 12.7. The van der Waals surface area contributed by atoms with E-state index in [2.05, 4.69) is 20.9 Å². The smallest absolute Gasteiger partial charge is 0.326 e. The van der Waals surface area contributed by atoms with Crippen molar-refractivity contribution in [2.75, 3.05) is 0 Å². The van der Waals surface area contributed by atoms with Crippen LogP contribution in [0.5, 0.6) is 0 Å². The summed E-state index contributed by atoms with van der Waals surface area (Å²) in [6, 6.07) is 3.12. The lowest BCUT2D eigenvalue weighted by Gasteiger charge is -2.25. The number of H-pyrrole nitrogens is 1. The highest BCUT2D eigenvalue weighted by atomic mass is 16.4. The van der Waals surface area contributed by atoms with Crippen molar-refractivity contribution in [2.24, 2.45) is 11.7 Å². The van der Waals surface area contributed by atoms with E-state index in [1.54, 1.807) is 20.0 Å². The maximum Gasteiger partial charge on any atom is 0.326 e. The molecular weight excluding hydrogens is 470 g/mol. The number of aliphatic carboxylic acids is 2. The largest absolute Gasteiger partial charge is 0.481 e. The maximum absolute atomic E-state index is 12.8. The van der Waals surface area contributed by atoms with Gasteiger partial charge in [0.05, 0.1) is 6.04 Å². The fraction of sp³-hybridized carbons (Fsp3) is 0.458. The number of benzene rings is 1. The molecular formula is C24H33N5O7. The Kier molecular flexibility index (Phi) is 9.97. The zero-order valence-electron chi connectivity index (χ0n) is 20.4. The number of aromatic nitrogens is 1. The number of aromatic amines is 1. The Bertz CT molecular complexity index is 1110. The number of nitrogens with one attached hydrogen (secondary N) is 4. The van der Waals surface area contributed by atoms with Gasteiger partial charge in [0, 0.05) is 23.5 Å². The third-order valence-electron chi connectivity index (χ3n) is 5.71. The first-order valence-corrected chi connectivity index (χ1v) is 11.6. The zero-order valence-corrected chi connectivity index (χ0v) is 20.4. The van der Waals surface area contributed by atoms with Gasteiger partial charge in [-0.3, -0.25) is 19.2 Å². The fourth-order valence-electron chi connectivity index (χ4n) is 3.62. The number of carbonyl (C=O) groups is 5. The highest BCUT2D eigenvalue weighted by molar-refractivity contribution is 5.94. The van der Waals surface area contributed by atoms with Crippen LogP contribution in [0.1, 0.15) is 39.2 Å². The molecule has 12 nitrogen and oxygen atoms in total. The second-order valence-electron chi connectivity index (χ2n) is 8.96. The van der Waals surface area contributed by atoms with Crippen molar-refractivity contribution >= 4 is 40.6 Å².